The van der Waals surface area contributed by atoms with Gasteiger partial charge in [-0.05, 0) is 30.9 Å². The minimum absolute atomic E-state index is 1.29. The van der Waals surface area contributed by atoms with E-state index in [0.717, 1.165) is 0 Å². The molecule has 0 aromatic rings. The molecule has 0 amide bonds. The van der Waals surface area contributed by atoms with Gasteiger partial charge >= 0.3 is 0 Å². The normalized spacial score (nSPS) is 12.1. The van der Waals surface area contributed by atoms with Gasteiger partial charge in [-0.15, -0.1) is 11.8 Å². The van der Waals surface area contributed by atoms with Gasteiger partial charge in [-0.3, -0.25) is 0 Å². The summed E-state index contributed by atoms with van der Waals surface area (Å²) in [5, 5.41) is 0. The predicted molar refractivity (Wildman–Crippen MR) is 60.6 cm³/mol. The molecular weight excluding hydrogens is 164 g/mol. The van der Waals surface area contributed by atoms with Crippen LogP contribution in [0.4, 0.5) is 0 Å². The third kappa shape index (κ3) is 6.78. The van der Waals surface area contributed by atoms with Crippen LogP contribution in [0, 0.1) is 0 Å². The summed E-state index contributed by atoms with van der Waals surface area (Å²) in [4.78, 5) is 1.55. The highest BCUT2D eigenvalue weighted by molar-refractivity contribution is 8.02. The van der Waals surface area contributed by atoms with Crippen molar-refractivity contribution in [3.05, 3.63) is 11.0 Å². The molecule has 0 aliphatic carbocycles. The van der Waals surface area contributed by atoms with Gasteiger partial charge in [-0.1, -0.05) is 38.7 Å². The molecule has 12 heavy (non-hydrogen) atoms. The second-order valence-electron chi connectivity index (χ2n) is 3.12. The second kappa shape index (κ2) is 9.18. The fourth-order valence-electron chi connectivity index (χ4n) is 1.27. The van der Waals surface area contributed by atoms with Gasteiger partial charge in [-0.2, -0.15) is 0 Å². The first kappa shape index (κ1) is 12.1. The Morgan fingerprint density at radius 3 is 2.33 bits per heavy atom. The highest BCUT2D eigenvalue weighted by atomic mass is 32.2. The van der Waals surface area contributed by atoms with E-state index in [2.05, 4.69) is 26.2 Å². The van der Waals surface area contributed by atoms with Gasteiger partial charge in [-0.25, -0.2) is 0 Å². The van der Waals surface area contributed by atoms with Crippen LogP contribution in [0.25, 0.3) is 0 Å². The molecule has 0 unspecified atom stereocenters. The Morgan fingerprint density at radius 2 is 1.83 bits per heavy atom. The molecule has 0 saturated heterocycles. The fraction of sp³-hybridized carbons (Fsp3) is 0.818. The smallest absolute Gasteiger partial charge is 0.0140 e. The van der Waals surface area contributed by atoms with Crippen LogP contribution >= 0.6 is 11.8 Å². The lowest BCUT2D eigenvalue weighted by atomic mass is 10.1. The van der Waals surface area contributed by atoms with Crippen LogP contribution in [0.2, 0.25) is 0 Å². The van der Waals surface area contributed by atoms with Crippen LogP contribution in [0.1, 0.15) is 52.4 Å². The molecule has 0 bridgehead atoms. The van der Waals surface area contributed by atoms with Gasteiger partial charge in [0.05, 0.1) is 0 Å². The van der Waals surface area contributed by atoms with E-state index in [0.29, 0.717) is 0 Å². The predicted octanol–water partition coefficient (Wildman–Crippen LogP) is 4.61. The summed E-state index contributed by atoms with van der Waals surface area (Å²) in [5.41, 5.74) is 0. The summed E-state index contributed by atoms with van der Waals surface area (Å²) in [6, 6.07) is 0. The van der Waals surface area contributed by atoms with Gasteiger partial charge in [0.1, 0.15) is 0 Å². The zero-order chi connectivity index (χ0) is 9.23. The number of thioether (sulfide) groups is 1. The lowest BCUT2D eigenvalue weighted by Crippen LogP contribution is -1.80. The van der Waals surface area contributed by atoms with E-state index < -0.39 is 0 Å². The molecule has 0 nitrogen and oxygen atoms in total. The molecule has 0 aromatic carbocycles. The van der Waals surface area contributed by atoms with Crippen molar-refractivity contribution in [3.8, 4) is 0 Å². The average Bonchev–Trinajstić information content (AvgIpc) is 2.11. The maximum absolute atomic E-state index is 2.26. The highest BCUT2D eigenvalue weighted by Crippen LogP contribution is 2.19. The Labute approximate surface area is 81.8 Å². The monoisotopic (exact) mass is 186 g/mol. The van der Waals surface area contributed by atoms with Crippen LogP contribution < -0.4 is 0 Å². The summed E-state index contributed by atoms with van der Waals surface area (Å²) in [7, 11) is 0. The summed E-state index contributed by atoms with van der Waals surface area (Å²) in [5.74, 6) is 0. The van der Waals surface area contributed by atoms with E-state index in [1.54, 1.807) is 4.91 Å². The maximum atomic E-state index is 2.26. The van der Waals surface area contributed by atoms with Gasteiger partial charge in [0, 0.05) is 0 Å². The first-order valence-corrected chi connectivity index (χ1v) is 6.26. The summed E-state index contributed by atoms with van der Waals surface area (Å²) in [6.07, 6.45) is 12.7. The molecule has 0 aromatic heterocycles. The van der Waals surface area contributed by atoms with Crippen molar-refractivity contribution in [2.45, 2.75) is 52.4 Å². The lowest BCUT2D eigenvalue weighted by Gasteiger charge is -2.02. The van der Waals surface area contributed by atoms with Crippen molar-refractivity contribution in [1.82, 2.24) is 0 Å². The molecule has 0 atom stereocenters. The number of rotatable bonds is 7. The average molecular weight is 186 g/mol. The van der Waals surface area contributed by atoms with Crippen molar-refractivity contribution in [3.63, 3.8) is 0 Å². The zero-order valence-electron chi connectivity index (χ0n) is 8.73. The fourth-order valence-corrected chi connectivity index (χ4v) is 1.85. The Bertz CT molecular complexity index is 116. The largest absolute Gasteiger partial charge is 0.134 e. The Kier molecular flexibility index (Phi) is 9.25. The van der Waals surface area contributed by atoms with E-state index >= 15 is 0 Å². The van der Waals surface area contributed by atoms with Crippen molar-refractivity contribution >= 4 is 11.8 Å². The van der Waals surface area contributed by atoms with Gasteiger partial charge < -0.3 is 0 Å². The number of hydrogen-bond acceptors (Lipinski definition) is 1. The molecule has 0 rings (SSSR count). The third-order valence-electron chi connectivity index (χ3n) is 2.11. The van der Waals surface area contributed by atoms with Crippen LogP contribution in [0.3, 0.4) is 0 Å². The van der Waals surface area contributed by atoms with E-state index in [1.807, 2.05) is 11.8 Å². The number of allylic oxidation sites excluding steroid dienone is 2. The molecule has 72 valence electrons. The summed E-state index contributed by atoms with van der Waals surface area (Å²) < 4.78 is 0. The standard InChI is InChI=1S/C11H22S/c1-4-6-7-8-9-10-11(5-2)12-3/h5H,4,6-10H2,1-3H3/b11-5-. The van der Waals surface area contributed by atoms with Crippen molar-refractivity contribution < 1.29 is 0 Å². The van der Waals surface area contributed by atoms with Crippen LogP contribution in [-0.2, 0) is 0 Å². The number of unbranched alkanes of at least 4 members (excludes halogenated alkanes) is 4. The second-order valence-corrected chi connectivity index (χ2v) is 4.06. The molecule has 0 spiro atoms. The van der Waals surface area contributed by atoms with E-state index in [1.165, 1.54) is 38.5 Å². The maximum Gasteiger partial charge on any atom is -0.0140 e. The van der Waals surface area contributed by atoms with E-state index in [4.69, 9.17) is 0 Å². The molecule has 0 aliphatic heterocycles. The summed E-state index contributed by atoms with van der Waals surface area (Å²) in [6.45, 7) is 4.40. The molecule has 0 radical (unpaired) electrons. The lowest BCUT2D eigenvalue weighted by molar-refractivity contribution is 0.636. The van der Waals surface area contributed by atoms with Crippen molar-refractivity contribution in [1.29, 1.82) is 0 Å². The zero-order valence-corrected chi connectivity index (χ0v) is 9.54. The Morgan fingerprint density at radius 1 is 1.17 bits per heavy atom. The van der Waals surface area contributed by atoms with Gasteiger partial charge in [0.25, 0.3) is 0 Å². The quantitative estimate of drug-likeness (QED) is 0.523. The number of hydrogen-bond donors (Lipinski definition) is 0. The molecule has 0 saturated carbocycles. The van der Waals surface area contributed by atoms with Crippen LogP contribution in [0.5, 0.6) is 0 Å². The van der Waals surface area contributed by atoms with E-state index in [-0.39, 0.29) is 0 Å². The van der Waals surface area contributed by atoms with Crippen LogP contribution in [0.15, 0.2) is 11.0 Å². The SMILES string of the molecule is C/C=C(/CCCCCCC)SC. The van der Waals surface area contributed by atoms with Crippen molar-refractivity contribution in [2.24, 2.45) is 0 Å². The molecule has 0 fully saturated rings. The molecule has 0 N–H and O–H groups in total. The van der Waals surface area contributed by atoms with Crippen LogP contribution in [-0.4, -0.2) is 6.26 Å². The highest BCUT2D eigenvalue weighted by Gasteiger charge is 1.93. The first-order chi connectivity index (χ1) is 5.85. The van der Waals surface area contributed by atoms with E-state index in [9.17, 15) is 0 Å². The molecular formula is C11H22S. The molecule has 1 heteroatoms. The summed E-state index contributed by atoms with van der Waals surface area (Å²) >= 11 is 1.89. The Balaban J connectivity index is 3.18. The minimum atomic E-state index is 1.29. The van der Waals surface area contributed by atoms with Gasteiger partial charge in [0.15, 0.2) is 0 Å². The Hall–Kier alpha value is 0.0900. The molecule has 0 aliphatic rings. The topological polar surface area (TPSA) is 0 Å². The van der Waals surface area contributed by atoms with Gasteiger partial charge in [0.2, 0.25) is 0 Å². The minimum Gasteiger partial charge on any atom is -0.134 e. The van der Waals surface area contributed by atoms with Crippen molar-refractivity contribution in [2.75, 3.05) is 6.26 Å². The molecule has 0 heterocycles. The first-order valence-electron chi connectivity index (χ1n) is 5.04. The third-order valence-corrected chi connectivity index (χ3v) is 3.08.